The van der Waals surface area contributed by atoms with Gasteiger partial charge < -0.3 is 9.84 Å². The van der Waals surface area contributed by atoms with Gasteiger partial charge in [0, 0.05) is 10.6 Å². The van der Waals surface area contributed by atoms with Gasteiger partial charge in [-0.15, -0.1) is 0 Å². The summed E-state index contributed by atoms with van der Waals surface area (Å²) in [4.78, 5) is 11.2. The van der Waals surface area contributed by atoms with E-state index in [4.69, 9.17) is 21.4 Å². The Morgan fingerprint density at radius 3 is 2.57 bits per heavy atom. The first-order valence-corrected chi connectivity index (χ1v) is 7.18. The van der Waals surface area contributed by atoms with Crippen molar-refractivity contribution in [3.8, 4) is 5.75 Å². The highest BCUT2D eigenvalue weighted by Crippen LogP contribution is 2.43. The quantitative estimate of drug-likeness (QED) is 0.844. The van der Waals surface area contributed by atoms with Crippen LogP contribution in [0.25, 0.3) is 6.08 Å². The molecule has 2 rings (SSSR count). The molecule has 0 bridgehead atoms. The zero-order chi connectivity index (χ0) is 15.9. The van der Waals surface area contributed by atoms with Crippen molar-refractivity contribution in [3.05, 3.63) is 33.9 Å². The first kappa shape index (κ1) is 16.2. The zero-order valence-corrected chi connectivity index (χ0v) is 13.3. The molecule has 0 fully saturated rings. The van der Waals surface area contributed by atoms with Crippen LogP contribution in [0.4, 0.5) is 8.78 Å². The number of rotatable bonds is 3. The second-order valence-corrected chi connectivity index (χ2v) is 6.35. The van der Waals surface area contributed by atoms with Crippen LogP contribution in [-0.4, -0.2) is 22.8 Å². The van der Waals surface area contributed by atoms with Crippen LogP contribution in [0.1, 0.15) is 30.9 Å². The van der Waals surface area contributed by atoms with Crippen LogP contribution in [0.3, 0.4) is 0 Å². The SMILES string of the molecule is CC(C)c1cc(Cl)cc2c1OC(C(F)(F)P)C(C(=O)O)=C2. The lowest BCUT2D eigenvalue weighted by Gasteiger charge is -2.31. The molecule has 114 valence electrons. The molecule has 1 heterocycles. The fourth-order valence-electron chi connectivity index (χ4n) is 2.19. The monoisotopic (exact) mass is 334 g/mol. The molecule has 0 radical (unpaired) electrons. The predicted molar refractivity (Wildman–Crippen MR) is 80.2 cm³/mol. The summed E-state index contributed by atoms with van der Waals surface area (Å²) in [5, 5.41) is 9.52. The maximum Gasteiger partial charge on any atom is 0.335 e. The highest BCUT2D eigenvalue weighted by atomic mass is 35.5. The molecule has 0 amide bonds. The van der Waals surface area contributed by atoms with Gasteiger partial charge in [0.15, 0.2) is 6.10 Å². The summed E-state index contributed by atoms with van der Waals surface area (Å²) in [5.41, 5.74) is -2.83. The second-order valence-electron chi connectivity index (χ2n) is 5.15. The molecule has 3 nitrogen and oxygen atoms in total. The van der Waals surface area contributed by atoms with E-state index in [1.807, 2.05) is 13.8 Å². The van der Waals surface area contributed by atoms with E-state index in [-0.39, 0.29) is 11.7 Å². The van der Waals surface area contributed by atoms with E-state index in [9.17, 15) is 13.6 Å². The van der Waals surface area contributed by atoms with Gasteiger partial charge in [-0.2, -0.15) is 8.78 Å². The minimum absolute atomic E-state index is 0.00369. The molecule has 1 aromatic carbocycles. The third kappa shape index (κ3) is 3.19. The van der Waals surface area contributed by atoms with Crippen LogP contribution < -0.4 is 4.74 Å². The van der Waals surface area contributed by atoms with Gasteiger partial charge in [0.25, 0.3) is 5.66 Å². The number of carboxylic acids is 1. The van der Waals surface area contributed by atoms with Crippen molar-refractivity contribution in [1.82, 2.24) is 0 Å². The molecule has 1 aromatic rings. The summed E-state index contributed by atoms with van der Waals surface area (Å²) in [7, 11) is 1.33. The Morgan fingerprint density at radius 1 is 1.48 bits per heavy atom. The lowest BCUT2D eigenvalue weighted by molar-refractivity contribution is -0.135. The average Bonchev–Trinajstić information content (AvgIpc) is 2.34. The number of halogens is 3. The normalized spacial score (nSPS) is 18.0. The zero-order valence-electron chi connectivity index (χ0n) is 11.4. The van der Waals surface area contributed by atoms with Gasteiger partial charge in [0.05, 0.1) is 5.57 Å². The van der Waals surface area contributed by atoms with Crippen LogP contribution in [0.5, 0.6) is 5.75 Å². The highest BCUT2D eigenvalue weighted by Gasteiger charge is 2.44. The van der Waals surface area contributed by atoms with Gasteiger partial charge in [-0.1, -0.05) is 34.7 Å². The van der Waals surface area contributed by atoms with Gasteiger partial charge in [-0.25, -0.2) is 4.79 Å². The van der Waals surface area contributed by atoms with Crippen LogP contribution >= 0.6 is 20.8 Å². The van der Waals surface area contributed by atoms with Gasteiger partial charge in [0.1, 0.15) is 5.75 Å². The first-order valence-electron chi connectivity index (χ1n) is 6.23. The largest absolute Gasteiger partial charge is 0.478 e. The van der Waals surface area contributed by atoms with Gasteiger partial charge in [-0.3, -0.25) is 0 Å². The molecule has 1 aliphatic rings. The number of fused-ring (bicyclic) bond motifs is 1. The van der Waals surface area contributed by atoms with E-state index >= 15 is 0 Å². The number of hydrogen-bond donors (Lipinski definition) is 1. The average molecular weight is 335 g/mol. The van der Waals surface area contributed by atoms with Gasteiger partial charge >= 0.3 is 5.97 Å². The maximum atomic E-state index is 13.6. The molecule has 2 unspecified atom stereocenters. The lowest BCUT2D eigenvalue weighted by atomic mass is 9.94. The van der Waals surface area contributed by atoms with Crippen molar-refractivity contribution >= 4 is 32.9 Å². The number of ether oxygens (including phenoxy) is 1. The van der Waals surface area contributed by atoms with Crippen LogP contribution in [0.15, 0.2) is 17.7 Å². The molecule has 0 aliphatic carbocycles. The summed E-state index contributed by atoms with van der Waals surface area (Å²) >= 11 is 5.99. The molecule has 0 spiro atoms. The predicted octanol–water partition coefficient (Wildman–Crippen LogP) is 4.16. The molecule has 0 aromatic heterocycles. The summed E-state index contributed by atoms with van der Waals surface area (Å²) in [6, 6.07) is 3.14. The lowest BCUT2D eigenvalue weighted by Crippen LogP contribution is -2.39. The number of hydrogen-bond acceptors (Lipinski definition) is 2. The van der Waals surface area contributed by atoms with Gasteiger partial charge in [-0.05, 0) is 29.7 Å². The van der Waals surface area contributed by atoms with Crippen LogP contribution in [-0.2, 0) is 4.79 Å². The van der Waals surface area contributed by atoms with E-state index in [1.54, 1.807) is 6.07 Å². The Balaban J connectivity index is 2.66. The third-order valence-electron chi connectivity index (χ3n) is 3.16. The summed E-state index contributed by atoms with van der Waals surface area (Å²) in [6.45, 7) is 3.75. The number of carbonyl (C=O) groups is 1. The summed E-state index contributed by atoms with van der Waals surface area (Å²) < 4.78 is 32.6. The molecule has 0 saturated carbocycles. The minimum Gasteiger partial charge on any atom is -0.478 e. The van der Waals surface area contributed by atoms with Crippen molar-refractivity contribution in [2.24, 2.45) is 0 Å². The van der Waals surface area contributed by atoms with E-state index < -0.39 is 23.3 Å². The number of benzene rings is 1. The smallest absolute Gasteiger partial charge is 0.335 e. The second kappa shape index (κ2) is 5.54. The third-order valence-corrected chi connectivity index (χ3v) is 3.68. The molecular formula is C14H14ClF2O3P. The molecule has 2 atom stereocenters. The van der Waals surface area contributed by atoms with Gasteiger partial charge in [0.2, 0.25) is 0 Å². The van der Waals surface area contributed by atoms with E-state index in [0.29, 0.717) is 16.1 Å². The summed E-state index contributed by atoms with van der Waals surface area (Å²) in [6.07, 6.45) is -0.659. The fraction of sp³-hybridized carbons (Fsp3) is 0.357. The number of aliphatic carboxylic acids is 1. The minimum atomic E-state index is -3.39. The Morgan fingerprint density at radius 2 is 2.10 bits per heavy atom. The van der Waals surface area contributed by atoms with Crippen molar-refractivity contribution < 1.29 is 23.4 Å². The van der Waals surface area contributed by atoms with Crippen LogP contribution in [0, 0.1) is 0 Å². The Kier molecular flexibility index (Phi) is 4.27. The molecule has 1 aliphatic heterocycles. The number of carboxylic acid groups (broad SMARTS) is 1. The van der Waals surface area contributed by atoms with Crippen molar-refractivity contribution in [2.75, 3.05) is 0 Å². The number of alkyl halides is 2. The highest BCUT2D eigenvalue weighted by molar-refractivity contribution is 7.18. The standard InChI is InChI=1S/C14H14ClF2O3P/c1-6(2)9-5-8(15)3-7-4-10(13(18)19)12(14(16,17)21)20-11(7)9/h3-6,12H,21H2,1-2H3,(H,18,19). The topological polar surface area (TPSA) is 46.5 Å². The summed E-state index contributed by atoms with van der Waals surface area (Å²) in [5.74, 6) is -1.19. The van der Waals surface area contributed by atoms with E-state index in [0.717, 1.165) is 0 Å². The Labute approximate surface area is 128 Å². The van der Waals surface area contributed by atoms with E-state index in [2.05, 4.69) is 0 Å². The van der Waals surface area contributed by atoms with Crippen molar-refractivity contribution in [3.63, 3.8) is 0 Å². The first-order chi connectivity index (χ1) is 9.61. The molecule has 1 N–H and O–H groups in total. The maximum absolute atomic E-state index is 13.6. The van der Waals surface area contributed by atoms with Crippen molar-refractivity contribution in [2.45, 2.75) is 31.5 Å². The molecule has 7 heteroatoms. The van der Waals surface area contributed by atoms with E-state index in [1.165, 1.54) is 21.4 Å². The fourth-order valence-corrected chi connectivity index (χ4v) is 2.68. The van der Waals surface area contributed by atoms with Crippen LogP contribution in [0.2, 0.25) is 5.02 Å². The molecule has 21 heavy (non-hydrogen) atoms. The van der Waals surface area contributed by atoms with Crippen molar-refractivity contribution in [1.29, 1.82) is 0 Å². The Hall–Kier alpha value is -1.19. The molecule has 0 saturated heterocycles. The Bertz CT molecular complexity index is 623. The molecular weight excluding hydrogens is 321 g/mol.